The molecule has 31 heavy (non-hydrogen) atoms. The molecule has 0 amide bonds. The number of fused-ring (bicyclic) bond motifs is 3. The summed E-state index contributed by atoms with van der Waals surface area (Å²) in [6.07, 6.45) is 2.84. The Morgan fingerprint density at radius 3 is 2.77 bits per heavy atom. The predicted molar refractivity (Wildman–Crippen MR) is 116 cm³/mol. The summed E-state index contributed by atoms with van der Waals surface area (Å²) in [4.78, 5) is 24.1. The van der Waals surface area contributed by atoms with Gasteiger partial charge in [0.15, 0.2) is 5.43 Å². The quantitative estimate of drug-likeness (QED) is 0.724. The summed E-state index contributed by atoms with van der Waals surface area (Å²) in [6.45, 7) is 5.81. The van der Waals surface area contributed by atoms with Crippen LogP contribution in [0.1, 0.15) is 42.2 Å². The van der Waals surface area contributed by atoms with Gasteiger partial charge in [-0.05, 0) is 24.1 Å². The summed E-state index contributed by atoms with van der Waals surface area (Å²) in [7, 11) is 1.64. The largest absolute Gasteiger partial charge is 0.486 e. The molecular formula is C23H26ClNO6. The third-order valence-electron chi connectivity index (χ3n) is 6.09. The zero-order valence-electron chi connectivity index (χ0n) is 17.8. The fourth-order valence-electron chi connectivity index (χ4n) is 4.49. The molecule has 166 valence electrons. The molecule has 0 spiro atoms. The molecule has 2 aromatic rings. The predicted octanol–water partition coefficient (Wildman–Crippen LogP) is 3.80. The lowest BCUT2D eigenvalue weighted by Crippen LogP contribution is -2.37. The number of hydrogen-bond acceptors (Lipinski definition) is 5. The number of benzene rings is 1. The highest BCUT2D eigenvalue weighted by molar-refractivity contribution is 6.32. The molecule has 1 fully saturated rings. The van der Waals surface area contributed by atoms with Crippen LogP contribution >= 0.6 is 11.6 Å². The number of ether oxygens (including phenoxy) is 3. The van der Waals surface area contributed by atoms with Crippen molar-refractivity contribution in [2.45, 2.75) is 38.8 Å². The number of aromatic carboxylic acids is 1. The minimum absolute atomic E-state index is 0.0344. The fourth-order valence-corrected chi connectivity index (χ4v) is 4.70. The van der Waals surface area contributed by atoms with Crippen molar-refractivity contribution in [3.05, 3.63) is 50.8 Å². The van der Waals surface area contributed by atoms with E-state index in [-0.39, 0.29) is 23.1 Å². The fraction of sp³-hybridized carbons (Fsp3) is 0.478. The Hall–Kier alpha value is -2.35. The van der Waals surface area contributed by atoms with Crippen LogP contribution in [0.2, 0.25) is 5.02 Å². The highest BCUT2D eigenvalue weighted by Gasteiger charge is 2.37. The van der Waals surface area contributed by atoms with Crippen LogP contribution in [0.5, 0.6) is 5.75 Å². The Kier molecular flexibility index (Phi) is 5.85. The van der Waals surface area contributed by atoms with E-state index in [0.29, 0.717) is 42.7 Å². The van der Waals surface area contributed by atoms with Gasteiger partial charge in [0.2, 0.25) is 0 Å². The third-order valence-corrected chi connectivity index (χ3v) is 6.39. The maximum Gasteiger partial charge on any atom is 0.341 e. The Morgan fingerprint density at radius 1 is 1.35 bits per heavy atom. The second-order valence-corrected chi connectivity index (χ2v) is 9.24. The zero-order valence-corrected chi connectivity index (χ0v) is 18.6. The van der Waals surface area contributed by atoms with Crippen molar-refractivity contribution >= 4 is 17.6 Å². The van der Waals surface area contributed by atoms with Gasteiger partial charge in [-0.3, -0.25) is 4.79 Å². The molecule has 1 saturated heterocycles. The second-order valence-electron chi connectivity index (χ2n) is 8.83. The van der Waals surface area contributed by atoms with Gasteiger partial charge in [0.1, 0.15) is 17.4 Å². The summed E-state index contributed by atoms with van der Waals surface area (Å²) in [5, 5.41) is 9.93. The minimum atomic E-state index is -1.24. The summed E-state index contributed by atoms with van der Waals surface area (Å²) in [5.74, 6) is -0.646. The van der Waals surface area contributed by atoms with Crippen LogP contribution in [-0.4, -0.2) is 48.7 Å². The van der Waals surface area contributed by atoms with Gasteiger partial charge >= 0.3 is 5.97 Å². The van der Waals surface area contributed by atoms with Crippen molar-refractivity contribution in [2.75, 3.05) is 26.9 Å². The van der Waals surface area contributed by atoms with Crippen LogP contribution in [0, 0.1) is 5.41 Å². The van der Waals surface area contributed by atoms with E-state index in [1.54, 1.807) is 13.2 Å². The van der Waals surface area contributed by atoms with Crippen molar-refractivity contribution in [3.8, 4) is 17.0 Å². The van der Waals surface area contributed by atoms with Crippen LogP contribution in [0.4, 0.5) is 0 Å². The monoisotopic (exact) mass is 447 g/mol. The lowest BCUT2D eigenvalue weighted by Gasteiger charge is -2.40. The van der Waals surface area contributed by atoms with Crippen molar-refractivity contribution in [1.29, 1.82) is 0 Å². The number of carboxylic acid groups (broad SMARTS) is 1. The number of methoxy groups -OCH3 is 1. The molecule has 8 heteroatoms. The maximum absolute atomic E-state index is 12.5. The van der Waals surface area contributed by atoms with E-state index in [9.17, 15) is 14.7 Å². The molecule has 2 atom stereocenters. The van der Waals surface area contributed by atoms with Crippen LogP contribution in [0.15, 0.2) is 29.2 Å². The van der Waals surface area contributed by atoms with E-state index in [2.05, 4.69) is 13.8 Å². The highest BCUT2D eigenvalue weighted by atomic mass is 35.5. The summed E-state index contributed by atoms with van der Waals surface area (Å²) in [5.41, 5.74) is 1.33. The first-order chi connectivity index (χ1) is 14.7. The average molecular weight is 448 g/mol. The number of carboxylic acids is 1. The van der Waals surface area contributed by atoms with Crippen molar-refractivity contribution in [2.24, 2.45) is 5.41 Å². The van der Waals surface area contributed by atoms with Gasteiger partial charge < -0.3 is 23.9 Å². The van der Waals surface area contributed by atoms with E-state index in [1.807, 2.05) is 10.6 Å². The molecule has 2 aliphatic heterocycles. The molecule has 1 N–H and O–H groups in total. The molecule has 0 saturated carbocycles. The summed E-state index contributed by atoms with van der Waals surface area (Å²) < 4.78 is 18.8. The summed E-state index contributed by atoms with van der Waals surface area (Å²) in [6, 6.07) is 4.99. The van der Waals surface area contributed by atoms with Gasteiger partial charge in [-0.2, -0.15) is 0 Å². The number of carbonyl (C=O) groups is 1. The smallest absolute Gasteiger partial charge is 0.341 e. The minimum Gasteiger partial charge on any atom is -0.486 e. The zero-order chi connectivity index (χ0) is 22.3. The van der Waals surface area contributed by atoms with Crippen molar-refractivity contribution < 1.29 is 24.1 Å². The van der Waals surface area contributed by atoms with Crippen LogP contribution in [0.3, 0.4) is 0 Å². The van der Waals surface area contributed by atoms with Gasteiger partial charge in [-0.15, -0.1) is 0 Å². The van der Waals surface area contributed by atoms with Crippen LogP contribution in [-0.2, 0) is 15.9 Å². The Morgan fingerprint density at radius 2 is 2.13 bits per heavy atom. The lowest BCUT2D eigenvalue weighted by molar-refractivity contribution is 0.0615. The standard InChI is InChI=1S/C23H26ClNO6/c1-23(2,12-29-3)21-7-13-6-20(31-14-4-5-30-11-14)17(24)8-15(13)18-9-19(26)16(22(27)28)10-25(18)21/h6,8-10,14,21H,4-5,7,11-12H2,1-3H3,(H,27,28)/t14-,21+/m1/s1. The number of aromatic nitrogens is 1. The number of rotatable bonds is 6. The Labute approximate surface area is 185 Å². The molecule has 3 heterocycles. The third kappa shape index (κ3) is 4.10. The van der Waals surface area contributed by atoms with E-state index in [0.717, 1.165) is 17.5 Å². The van der Waals surface area contributed by atoms with Crippen LogP contribution < -0.4 is 10.2 Å². The SMILES string of the molecule is COCC(C)(C)[C@@H]1Cc2cc(O[C@@H]3CCOC3)c(Cl)cc2-c2cc(=O)c(C(=O)O)cn21. The van der Waals surface area contributed by atoms with E-state index >= 15 is 0 Å². The summed E-state index contributed by atoms with van der Waals surface area (Å²) >= 11 is 6.54. The topological polar surface area (TPSA) is 87.0 Å². The Bertz CT molecular complexity index is 1070. The van der Waals surface area contributed by atoms with Gasteiger partial charge in [-0.25, -0.2) is 4.79 Å². The molecule has 0 unspecified atom stereocenters. The normalized spacial score (nSPS) is 20.3. The molecular weight excluding hydrogens is 422 g/mol. The molecule has 0 bridgehead atoms. The number of pyridine rings is 1. The van der Waals surface area contributed by atoms with E-state index in [1.165, 1.54) is 12.3 Å². The molecule has 0 aliphatic carbocycles. The number of hydrogen-bond donors (Lipinski definition) is 1. The van der Waals surface area contributed by atoms with Crippen molar-refractivity contribution in [3.63, 3.8) is 0 Å². The Balaban J connectivity index is 1.86. The van der Waals surface area contributed by atoms with Crippen molar-refractivity contribution in [1.82, 2.24) is 4.57 Å². The van der Waals surface area contributed by atoms with Crippen LogP contribution in [0.25, 0.3) is 11.3 Å². The molecule has 0 radical (unpaired) electrons. The van der Waals surface area contributed by atoms with E-state index < -0.39 is 11.4 Å². The van der Waals surface area contributed by atoms with Gasteiger partial charge in [-0.1, -0.05) is 25.4 Å². The molecule has 2 aliphatic rings. The van der Waals surface area contributed by atoms with Gasteiger partial charge in [0.05, 0.1) is 30.5 Å². The molecule has 7 nitrogen and oxygen atoms in total. The molecule has 1 aromatic heterocycles. The second kappa shape index (κ2) is 8.30. The first-order valence-electron chi connectivity index (χ1n) is 10.3. The average Bonchev–Trinajstić information content (AvgIpc) is 3.20. The maximum atomic E-state index is 12.5. The molecule has 4 rings (SSSR count). The lowest BCUT2D eigenvalue weighted by atomic mass is 9.78. The van der Waals surface area contributed by atoms with Gasteiger partial charge in [0, 0.05) is 42.8 Å². The molecule has 1 aromatic carbocycles. The first-order valence-corrected chi connectivity index (χ1v) is 10.6. The number of halogens is 1. The highest BCUT2D eigenvalue weighted by Crippen LogP contribution is 2.45. The first kappa shape index (κ1) is 21.9. The van der Waals surface area contributed by atoms with Gasteiger partial charge in [0.25, 0.3) is 0 Å². The number of nitrogens with zero attached hydrogens (tertiary/aromatic N) is 1. The van der Waals surface area contributed by atoms with E-state index in [4.69, 9.17) is 25.8 Å².